The van der Waals surface area contributed by atoms with Crippen LogP contribution in [0, 0.1) is 5.82 Å². The van der Waals surface area contributed by atoms with Gasteiger partial charge in [0.25, 0.3) is 5.91 Å². The maximum atomic E-state index is 13.6. The summed E-state index contributed by atoms with van der Waals surface area (Å²) in [7, 11) is 0. The van der Waals surface area contributed by atoms with E-state index < -0.39 is 17.7 Å². The summed E-state index contributed by atoms with van der Waals surface area (Å²) in [6.07, 6.45) is 1.60. The minimum atomic E-state index is -0.984. The largest absolute Gasteiger partial charge is 0.481 e. The SMILES string of the molecule is CCC(CC)c1cc(F)cc(C(=O)NCCC(=O)O)c1. The zero-order valence-electron chi connectivity index (χ0n) is 11.8. The maximum Gasteiger partial charge on any atom is 0.305 e. The number of carboxylic acid groups (broad SMARTS) is 1. The third kappa shape index (κ3) is 4.64. The van der Waals surface area contributed by atoms with Gasteiger partial charge in [-0.15, -0.1) is 0 Å². The lowest BCUT2D eigenvalue weighted by Crippen LogP contribution is -2.26. The van der Waals surface area contributed by atoms with E-state index in [1.165, 1.54) is 12.1 Å². The van der Waals surface area contributed by atoms with Gasteiger partial charge in [0.05, 0.1) is 6.42 Å². The van der Waals surface area contributed by atoms with E-state index in [-0.39, 0.29) is 24.4 Å². The molecule has 0 aliphatic heterocycles. The summed E-state index contributed by atoms with van der Waals surface area (Å²) in [4.78, 5) is 22.2. The van der Waals surface area contributed by atoms with Gasteiger partial charge in [0, 0.05) is 12.1 Å². The predicted molar refractivity (Wildman–Crippen MR) is 74.3 cm³/mol. The zero-order chi connectivity index (χ0) is 15.1. The average molecular weight is 281 g/mol. The molecule has 1 aromatic carbocycles. The number of amides is 1. The Morgan fingerprint density at radius 1 is 1.25 bits per heavy atom. The molecular weight excluding hydrogens is 261 g/mol. The minimum Gasteiger partial charge on any atom is -0.481 e. The summed E-state index contributed by atoms with van der Waals surface area (Å²) in [6.45, 7) is 4.07. The van der Waals surface area contributed by atoms with Crippen molar-refractivity contribution in [2.24, 2.45) is 0 Å². The molecule has 1 aromatic rings. The highest BCUT2D eigenvalue weighted by atomic mass is 19.1. The lowest BCUT2D eigenvalue weighted by atomic mass is 9.92. The van der Waals surface area contributed by atoms with E-state index in [0.29, 0.717) is 0 Å². The molecule has 5 heteroatoms. The van der Waals surface area contributed by atoms with Gasteiger partial charge in [-0.2, -0.15) is 0 Å². The summed E-state index contributed by atoms with van der Waals surface area (Å²) < 4.78 is 13.6. The fourth-order valence-electron chi connectivity index (χ4n) is 2.12. The number of halogens is 1. The summed E-state index contributed by atoms with van der Waals surface area (Å²) in [5.74, 6) is -1.66. The van der Waals surface area contributed by atoms with Gasteiger partial charge in [-0.05, 0) is 42.5 Å². The molecule has 0 aliphatic carbocycles. The standard InChI is InChI=1S/C15H20FNO3/c1-3-10(4-2)11-7-12(9-13(16)8-11)15(20)17-6-5-14(18)19/h7-10H,3-6H2,1-2H3,(H,17,20)(H,18,19). The summed E-state index contributed by atoms with van der Waals surface area (Å²) in [5.41, 5.74) is 1.04. The maximum absolute atomic E-state index is 13.6. The van der Waals surface area contributed by atoms with Crippen LogP contribution in [0.4, 0.5) is 4.39 Å². The third-order valence-corrected chi connectivity index (χ3v) is 3.26. The monoisotopic (exact) mass is 281 g/mol. The molecule has 4 nitrogen and oxygen atoms in total. The number of hydrogen-bond donors (Lipinski definition) is 2. The lowest BCUT2D eigenvalue weighted by Gasteiger charge is -2.14. The number of carboxylic acids is 1. The molecule has 20 heavy (non-hydrogen) atoms. The van der Waals surface area contributed by atoms with Crippen molar-refractivity contribution in [3.05, 3.63) is 35.1 Å². The molecule has 1 rings (SSSR count). The molecule has 0 aromatic heterocycles. The van der Waals surface area contributed by atoms with Crippen molar-refractivity contribution >= 4 is 11.9 Å². The van der Waals surface area contributed by atoms with Crippen molar-refractivity contribution in [3.63, 3.8) is 0 Å². The molecule has 0 fully saturated rings. The van der Waals surface area contributed by atoms with Gasteiger partial charge in [0.2, 0.25) is 0 Å². The van der Waals surface area contributed by atoms with Crippen molar-refractivity contribution in [2.75, 3.05) is 6.54 Å². The number of rotatable bonds is 7. The second-order valence-corrected chi connectivity index (χ2v) is 4.69. The Bertz CT molecular complexity index is 484. The topological polar surface area (TPSA) is 66.4 Å². The van der Waals surface area contributed by atoms with Crippen molar-refractivity contribution < 1.29 is 19.1 Å². The van der Waals surface area contributed by atoms with E-state index in [9.17, 15) is 14.0 Å². The van der Waals surface area contributed by atoms with E-state index in [0.717, 1.165) is 18.4 Å². The van der Waals surface area contributed by atoms with Crippen LogP contribution < -0.4 is 5.32 Å². The highest BCUT2D eigenvalue weighted by molar-refractivity contribution is 5.94. The van der Waals surface area contributed by atoms with Gasteiger partial charge in [-0.1, -0.05) is 13.8 Å². The summed E-state index contributed by atoms with van der Waals surface area (Å²) >= 11 is 0. The molecule has 0 heterocycles. The van der Waals surface area contributed by atoms with Gasteiger partial charge in [-0.3, -0.25) is 9.59 Å². The number of nitrogens with one attached hydrogen (secondary N) is 1. The van der Waals surface area contributed by atoms with Crippen LogP contribution >= 0.6 is 0 Å². The van der Waals surface area contributed by atoms with Gasteiger partial charge in [0.15, 0.2) is 0 Å². The number of aliphatic carboxylic acids is 1. The molecule has 2 N–H and O–H groups in total. The Hall–Kier alpha value is -1.91. The quantitative estimate of drug-likeness (QED) is 0.807. The second kappa shape index (κ2) is 7.62. The van der Waals surface area contributed by atoms with Gasteiger partial charge >= 0.3 is 5.97 Å². The van der Waals surface area contributed by atoms with Crippen molar-refractivity contribution in [2.45, 2.75) is 39.0 Å². The van der Waals surface area contributed by atoms with Crippen LogP contribution in [0.25, 0.3) is 0 Å². The zero-order valence-corrected chi connectivity index (χ0v) is 11.8. The Labute approximate surface area is 118 Å². The first-order valence-electron chi connectivity index (χ1n) is 6.78. The fourth-order valence-corrected chi connectivity index (χ4v) is 2.12. The van der Waals surface area contributed by atoms with E-state index in [2.05, 4.69) is 5.32 Å². The van der Waals surface area contributed by atoms with Crippen LogP contribution in [0.5, 0.6) is 0 Å². The summed E-state index contributed by atoms with van der Waals surface area (Å²) in [6, 6.07) is 4.30. The van der Waals surface area contributed by atoms with Crippen LogP contribution in [0.15, 0.2) is 18.2 Å². The molecule has 0 unspecified atom stereocenters. The van der Waals surface area contributed by atoms with Gasteiger partial charge in [-0.25, -0.2) is 4.39 Å². The first-order chi connectivity index (χ1) is 9.47. The molecule has 0 bridgehead atoms. The molecule has 0 spiro atoms. The normalized spacial score (nSPS) is 10.6. The van der Waals surface area contributed by atoms with Crippen molar-refractivity contribution in [1.82, 2.24) is 5.32 Å². The van der Waals surface area contributed by atoms with Crippen LogP contribution in [0.3, 0.4) is 0 Å². The Morgan fingerprint density at radius 2 is 1.90 bits per heavy atom. The van der Waals surface area contributed by atoms with Crippen LogP contribution in [-0.2, 0) is 4.79 Å². The van der Waals surface area contributed by atoms with Crippen LogP contribution in [-0.4, -0.2) is 23.5 Å². The van der Waals surface area contributed by atoms with E-state index in [4.69, 9.17) is 5.11 Å². The molecular formula is C15H20FNO3. The van der Waals surface area contributed by atoms with Gasteiger partial charge < -0.3 is 10.4 Å². The average Bonchev–Trinajstić information content (AvgIpc) is 2.39. The number of hydrogen-bond acceptors (Lipinski definition) is 2. The molecule has 0 saturated carbocycles. The Balaban J connectivity index is 2.84. The van der Waals surface area contributed by atoms with E-state index in [1.807, 2.05) is 13.8 Å². The summed E-state index contributed by atoms with van der Waals surface area (Å²) in [5, 5.41) is 11.0. The first kappa shape index (κ1) is 16.1. The van der Waals surface area contributed by atoms with Crippen molar-refractivity contribution in [1.29, 1.82) is 0 Å². The van der Waals surface area contributed by atoms with E-state index in [1.54, 1.807) is 6.07 Å². The lowest BCUT2D eigenvalue weighted by molar-refractivity contribution is -0.136. The van der Waals surface area contributed by atoms with Crippen LogP contribution in [0.1, 0.15) is 54.9 Å². The highest BCUT2D eigenvalue weighted by Crippen LogP contribution is 2.24. The van der Waals surface area contributed by atoms with Crippen molar-refractivity contribution in [3.8, 4) is 0 Å². The fraction of sp³-hybridized carbons (Fsp3) is 0.467. The van der Waals surface area contributed by atoms with Gasteiger partial charge in [0.1, 0.15) is 5.82 Å². The Morgan fingerprint density at radius 3 is 2.45 bits per heavy atom. The molecule has 0 saturated heterocycles. The number of benzene rings is 1. The third-order valence-electron chi connectivity index (χ3n) is 3.26. The molecule has 1 amide bonds. The van der Waals surface area contributed by atoms with E-state index >= 15 is 0 Å². The molecule has 0 aliphatic rings. The first-order valence-corrected chi connectivity index (χ1v) is 6.78. The molecule has 110 valence electrons. The second-order valence-electron chi connectivity index (χ2n) is 4.69. The van der Waals surface area contributed by atoms with Crippen LogP contribution in [0.2, 0.25) is 0 Å². The molecule has 0 radical (unpaired) electrons. The number of carbonyl (C=O) groups is 2. The Kier molecular flexibility index (Phi) is 6.15. The highest BCUT2D eigenvalue weighted by Gasteiger charge is 2.13. The smallest absolute Gasteiger partial charge is 0.305 e. The number of carbonyl (C=O) groups excluding carboxylic acids is 1. The minimum absolute atomic E-state index is 0.0327. The predicted octanol–water partition coefficient (Wildman–Crippen LogP) is 2.93. The molecule has 0 atom stereocenters.